The molecule has 0 aromatic carbocycles. The van der Waals surface area contributed by atoms with E-state index in [0.29, 0.717) is 0 Å². The Morgan fingerprint density at radius 1 is 1.11 bits per heavy atom. The molecule has 0 spiro atoms. The third kappa shape index (κ3) is 7.96. The Labute approximate surface area is 61.8 Å². The van der Waals surface area contributed by atoms with Gasteiger partial charge in [-0.3, -0.25) is 0 Å². The van der Waals surface area contributed by atoms with Crippen molar-refractivity contribution in [3.63, 3.8) is 0 Å². The molecule has 0 aromatic heterocycles. The molecule has 0 amide bonds. The molecule has 0 unspecified atom stereocenters. The maximum Gasteiger partial charge on any atom is 0.00797 e. The van der Waals surface area contributed by atoms with Crippen molar-refractivity contribution in [1.82, 2.24) is 0 Å². The summed E-state index contributed by atoms with van der Waals surface area (Å²) in [4.78, 5) is 0. The molecule has 1 radical (unpaired) electrons. The number of allylic oxidation sites excluding steroid dienone is 1. The van der Waals surface area contributed by atoms with Crippen LogP contribution in [0.5, 0.6) is 0 Å². The Hall–Kier alpha value is -0.0431. The van der Waals surface area contributed by atoms with Crippen molar-refractivity contribution in [2.24, 2.45) is 0 Å². The summed E-state index contributed by atoms with van der Waals surface area (Å²) in [7, 11) is 2.07. The molecule has 1 heteroatoms. The van der Waals surface area contributed by atoms with Gasteiger partial charge >= 0.3 is 0 Å². The Bertz CT molecular complexity index is 59.6. The monoisotopic (exact) mass is 141 g/mol. The second-order valence-corrected chi connectivity index (χ2v) is 3.05. The first-order valence-corrected chi connectivity index (χ1v) is 4.82. The fourth-order valence-electron chi connectivity index (χ4n) is 0.819. The van der Waals surface area contributed by atoms with Gasteiger partial charge in [0.15, 0.2) is 0 Å². The van der Waals surface area contributed by atoms with Gasteiger partial charge in [0.1, 0.15) is 0 Å². The van der Waals surface area contributed by atoms with E-state index in [-0.39, 0.29) is 0 Å². The molecule has 0 saturated carbocycles. The van der Waals surface area contributed by atoms with Crippen LogP contribution in [0, 0.1) is 0 Å². The average Bonchev–Trinajstić information content (AvgIpc) is 1.89. The van der Waals surface area contributed by atoms with Crippen molar-refractivity contribution < 1.29 is 0 Å². The second kappa shape index (κ2) is 7.96. The van der Waals surface area contributed by atoms with Gasteiger partial charge in [-0.15, -0.1) is 6.58 Å². The number of unbranched alkanes of at least 4 members (excludes halogenated alkanes) is 4. The third-order valence-electron chi connectivity index (χ3n) is 1.41. The molecular formula is C8H17Si. The lowest BCUT2D eigenvalue weighted by atomic mass is 10.1. The first-order chi connectivity index (χ1) is 4.41. The van der Waals surface area contributed by atoms with Crippen LogP contribution in [0.15, 0.2) is 12.7 Å². The standard InChI is InChI=1S/C8H17Si/c1-2-3-4-5-6-7-8-9/h2H,1,3-9H2. The largest absolute Gasteiger partial charge is 0.103 e. The van der Waals surface area contributed by atoms with E-state index in [1.807, 2.05) is 6.08 Å². The summed E-state index contributed by atoms with van der Waals surface area (Å²) < 4.78 is 0. The first kappa shape index (κ1) is 8.96. The summed E-state index contributed by atoms with van der Waals surface area (Å²) in [6.45, 7) is 3.68. The van der Waals surface area contributed by atoms with E-state index in [1.54, 1.807) is 0 Å². The molecule has 0 rings (SSSR count). The summed E-state index contributed by atoms with van der Waals surface area (Å²) in [6.07, 6.45) is 8.77. The van der Waals surface area contributed by atoms with Crippen LogP contribution in [0.1, 0.15) is 32.1 Å². The highest BCUT2D eigenvalue weighted by Gasteiger charge is 1.84. The highest BCUT2D eigenvalue weighted by molar-refractivity contribution is 6.08. The molecule has 0 saturated heterocycles. The van der Waals surface area contributed by atoms with E-state index in [0.717, 1.165) is 0 Å². The van der Waals surface area contributed by atoms with Crippen LogP contribution >= 0.6 is 0 Å². The number of rotatable bonds is 6. The molecule has 9 heavy (non-hydrogen) atoms. The van der Waals surface area contributed by atoms with Crippen LogP contribution in [0.4, 0.5) is 0 Å². The molecule has 0 aliphatic heterocycles. The van der Waals surface area contributed by atoms with Crippen LogP contribution in [0.2, 0.25) is 6.04 Å². The highest BCUT2D eigenvalue weighted by atomic mass is 28.1. The SMILES string of the molecule is C=CCCCCCC[SiH2]. The molecule has 0 N–H and O–H groups in total. The van der Waals surface area contributed by atoms with Crippen molar-refractivity contribution in [2.75, 3.05) is 0 Å². The minimum absolute atomic E-state index is 1.20. The normalized spacial score (nSPS) is 9.44. The van der Waals surface area contributed by atoms with Crippen molar-refractivity contribution >= 4 is 10.2 Å². The zero-order chi connectivity index (χ0) is 6.95. The molecule has 0 nitrogen and oxygen atoms in total. The van der Waals surface area contributed by atoms with Gasteiger partial charge in [0.2, 0.25) is 0 Å². The Morgan fingerprint density at radius 3 is 2.33 bits per heavy atom. The molecular weight excluding hydrogens is 124 g/mol. The Morgan fingerprint density at radius 2 is 1.78 bits per heavy atom. The van der Waals surface area contributed by atoms with Crippen LogP contribution in [0.25, 0.3) is 0 Å². The molecule has 0 heterocycles. The summed E-state index contributed by atoms with van der Waals surface area (Å²) in [5.41, 5.74) is 0. The molecule has 53 valence electrons. The fourth-order valence-corrected chi connectivity index (χ4v) is 1.17. The van der Waals surface area contributed by atoms with E-state index in [4.69, 9.17) is 0 Å². The van der Waals surface area contributed by atoms with Gasteiger partial charge in [-0.25, -0.2) is 0 Å². The maximum atomic E-state index is 3.68. The lowest BCUT2D eigenvalue weighted by molar-refractivity contribution is 0.674. The summed E-state index contributed by atoms with van der Waals surface area (Å²) >= 11 is 0. The van der Waals surface area contributed by atoms with E-state index >= 15 is 0 Å². The zero-order valence-corrected chi connectivity index (χ0v) is 7.65. The predicted octanol–water partition coefficient (Wildman–Crippen LogP) is 2.17. The van der Waals surface area contributed by atoms with Gasteiger partial charge in [0, 0.05) is 10.2 Å². The van der Waals surface area contributed by atoms with Gasteiger partial charge in [0.05, 0.1) is 0 Å². The van der Waals surface area contributed by atoms with Gasteiger partial charge < -0.3 is 0 Å². The number of hydrogen-bond acceptors (Lipinski definition) is 0. The van der Waals surface area contributed by atoms with E-state index in [1.165, 1.54) is 38.1 Å². The minimum atomic E-state index is 1.20. The van der Waals surface area contributed by atoms with Crippen LogP contribution in [-0.4, -0.2) is 10.2 Å². The summed E-state index contributed by atoms with van der Waals surface area (Å²) in [5.74, 6) is 0. The first-order valence-electron chi connectivity index (χ1n) is 3.82. The Kier molecular flexibility index (Phi) is 7.92. The lowest BCUT2D eigenvalue weighted by Crippen LogP contribution is -1.76. The lowest BCUT2D eigenvalue weighted by Gasteiger charge is -1.94. The fraction of sp³-hybridized carbons (Fsp3) is 0.750. The van der Waals surface area contributed by atoms with Crippen molar-refractivity contribution in [1.29, 1.82) is 0 Å². The van der Waals surface area contributed by atoms with Crippen LogP contribution < -0.4 is 0 Å². The predicted molar refractivity (Wildman–Crippen MR) is 46.6 cm³/mol. The maximum absolute atomic E-state index is 3.68. The summed E-state index contributed by atoms with van der Waals surface area (Å²) in [6, 6.07) is 1.37. The van der Waals surface area contributed by atoms with Crippen LogP contribution in [0.3, 0.4) is 0 Å². The number of hydrogen-bond donors (Lipinski definition) is 0. The molecule has 0 aliphatic rings. The van der Waals surface area contributed by atoms with Gasteiger partial charge in [-0.2, -0.15) is 0 Å². The second-order valence-electron chi connectivity index (χ2n) is 2.35. The molecule has 0 aliphatic carbocycles. The molecule has 0 aromatic rings. The van der Waals surface area contributed by atoms with Gasteiger partial charge in [-0.1, -0.05) is 31.4 Å². The van der Waals surface area contributed by atoms with Crippen molar-refractivity contribution in [2.45, 2.75) is 38.1 Å². The third-order valence-corrected chi connectivity index (χ3v) is 1.91. The Balaban J connectivity index is 2.66. The molecule has 0 atom stereocenters. The quantitative estimate of drug-likeness (QED) is 0.302. The summed E-state index contributed by atoms with van der Waals surface area (Å²) in [5, 5.41) is 0. The van der Waals surface area contributed by atoms with E-state index in [2.05, 4.69) is 16.8 Å². The topological polar surface area (TPSA) is 0 Å². The van der Waals surface area contributed by atoms with Crippen molar-refractivity contribution in [3.8, 4) is 0 Å². The zero-order valence-electron chi connectivity index (χ0n) is 6.23. The molecule has 0 bridgehead atoms. The molecule has 0 fully saturated rings. The van der Waals surface area contributed by atoms with Gasteiger partial charge in [0.25, 0.3) is 0 Å². The van der Waals surface area contributed by atoms with E-state index in [9.17, 15) is 0 Å². The minimum Gasteiger partial charge on any atom is -0.103 e. The van der Waals surface area contributed by atoms with Gasteiger partial charge in [-0.05, 0) is 12.8 Å². The van der Waals surface area contributed by atoms with Crippen molar-refractivity contribution in [3.05, 3.63) is 12.7 Å². The smallest absolute Gasteiger partial charge is 0.00797 e. The van der Waals surface area contributed by atoms with Crippen LogP contribution in [-0.2, 0) is 0 Å². The van der Waals surface area contributed by atoms with E-state index < -0.39 is 0 Å². The average molecular weight is 141 g/mol. The highest BCUT2D eigenvalue weighted by Crippen LogP contribution is 2.03.